The topological polar surface area (TPSA) is 34.9 Å². The number of benzene rings is 3. The zero-order valence-electron chi connectivity index (χ0n) is 18.8. The first kappa shape index (κ1) is 23.8. The Morgan fingerprint density at radius 1 is 0.882 bits per heavy atom. The quantitative estimate of drug-likeness (QED) is 0.302. The van der Waals surface area contributed by atoms with Gasteiger partial charge in [0.2, 0.25) is 0 Å². The third-order valence-corrected chi connectivity index (χ3v) is 5.73. The van der Waals surface area contributed by atoms with Crippen LogP contribution in [-0.4, -0.2) is 9.55 Å². The molecular formula is C27H22ClF3N2O. The lowest BCUT2D eigenvalue weighted by Gasteiger charge is -2.18. The summed E-state index contributed by atoms with van der Waals surface area (Å²) in [6.45, 7) is 6.36. The van der Waals surface area contributed by atoms with E-state index in [4.69, 9.17) is 11.6 Å². The summed E-state index contributed by atoms with van der Waals surface area (Å²) in [5.74, 6) is 0.194. The van der Waals surface area contributed by atoms with E-state index in [2.05, 4.69) is 25.8 Å². The molecule has 1 aromatic heterocycles. The molecule has 0 atom stereocenters. The molecule has 1 heterocycles. The fourth-order valence-electron chi connectivity index (χ4n) is 3.62. The van der Waals surface area contributed by atoms with Crippen LogP contribution in [0.15, 0.2) is 71.5 Å². The number of fused-ring (bicyclic) bond motifs is 1. The van der Waals surface area contributed by atoms with Crippen molar-refractivity contribution in [3.05, 3.63) is 105 Å². The molecule has 0 aliphatic carbocycles. The summed E-state index contributed by atoms with van der Waals surface area (Å²) in [5.41, 5.74) is 1.15. The molecule has 0 unspecified atom stereocenters. The molecule has 4 rings (SSSR count). The fourth-order valence-corrected chi connectivity index (χ4v) is 3.79. The number of hydrogen-bond donors (Lipinski definition) is 0. The van der Waals surface area contributed by atoms with E-state index in [-0.39, 0.29) is 22.3 Å². The molecule has 0 saturated carbocycles. The van der Waals surface area contributed by atoms with Crippen molar-refractivity contribution in [3.63, 3.8) is 0 Å². The zero-order valence-corrected chi connectivity index (χ0v) is 19.6. The first-order valence-corrected chi connectivity index (χ1v) is 11.0. The van der Waals surface area contributed by atoms with Gasteiger partial charge in [0.05, 0.1) is 22.2 Å². The number of hydrogen-bond acceptors (Lipinski definition) is 2. The van der Waals surface area contributed by atoms with Crippen LogP contribution in [0.2, 0.25) is 5.02 Å². The molecular weight excluding hydrogens is 461 g/mol. The molecule has 34 heavy (non-hydrogen) atoms. The molecule has 0 spiro atoms. The second-order valence-electron chi connectivity index (χ2n) is 9.03. The van der Waals surface area contributed by atoms with Crippen LogP contribution >= 0.6 is 11.6 Å². The van der Waals surface area contributed by atoms with Gasteiger partial charge in [0.25, 0.3) is 5.56 Å². The van der Waals surface area contributed by atoms with Crippen LogP contribution in [0, 0.1) is 0 Å². The summed E-state index contributed by atoms with van der Waals surface area (Å²) < 4.78 is 41.2. The smallest absolute Gasteiger partial charge is 0.268 e. The van der Waals surface area contributed by atoms with Gasteiger partial charge in [-0.15, -0.1) is 0 Å². The lowest BCUT2D eigenvalue weighted by atomic mass is 9.87. The number of nitrogens with zero attached hydrogens (tertiary/aromatic N) is 2. The van der Waals surface area contributed by atoms with E-state index < -0.39 is 17.3 Å². The summed E-state index contributed by atoms with van der Waals surface area (Å²) in [6, 6.07) is 17.2. The van der Waals surface area contributed by atoms with E-state index in [1.165, 1.54) is 28.3 Å². The van der Waals surface area contributed by atoms with Crippen molar-refractivity contribution in [2.75, 3.05) is 0 Å². The predicted octanol–water partition coefficient (Wildman–Crippen LogP) is 7.53. The Morgan fingerprint density at radius 3 is 2.24 bits per heavy atom. The number of halogens is 4. The van der Waals surface area contributed by atoms with E-state index in [1.807, 2.05) is 24.3 Å². The van der Waals surface area contributed by atoms with Gasteiger partial charge in [0, 0.05) is 5.02 Å². The maximum absolute atomic E-state index is 13.4. The molecule has 174 valence electrons. The van der Waals surface area contributed by atoms with E-state index >= 15 is 0 Å². The molecule has 0 radical (unpaired) electrons. The first-order chi connectivity index (χ1) is 15.9. The Kier molecular flexibility index (Phi) is 6.13. The van der Waals surface area contributed by atoms with Gasteiger partial charge in [-0.2, -0.15) is 13.2 Å². The zero-order chi connectivity index (χ0) is 24.7. The van der Waals surface area contributed by atoms with Crippen LogP contribution in [0.1, 0.15) is 43.3 Å². The minimum Gasteiger partial charge on any atom is -0.268 e. The molecule has 0 N–H and O–H groups in total. The predicted molar refractivity (Wildman–Crippen MR) is 131 cm³/mol. The molecule has 0 fully saturated rings. The van der Waals surface area contributed by atoms with Gasteiger partial charge >= 0.3 is 6.18 Å². The fraction of sp³-hybridized carbons (Fsp3) is 0.185. The monoisotopic (exact) mass is 482 g/mol. The minimum absolute atomic E-state index is 0.00535. The SMILES string of the molecule is CC(C)(C)c1ccc(/C=C/c2nc3cc(Cl)ccc3c(=O)n2-c2cccc(C(F)(F)F)c2)cc1. The third-order valence-electron chi connectivity index (χ3n) is 5.49. The normalized spacial score (nSPS) is 12.6. The van der Waals surface area contributed by atoms with Crippen LogP contribution < -0.4 is 5.56 Å². The summed E-state index contributed by atoms with van der Waals surface area (Å²) in [7, 11) is 0. The summed E-state index contributed by atoms with van der Waals surface area (Å²) in [4.78, 5) is 17.9. The average Bonchev–Trinajstić information content (AvgIpc) is 2.76. The van der Waals surface area contributed by atoms with Gasteiger partial charge in [-0.25, -0.2) is 4.98 Å². The average molecular weight is 483 g/mol. The molecule has 0 bridgehead atoms. The highest BCUT2D eigenvalue weighted by molar-refractivity contribution is 6.31. The van der Waals surface area contributed by atoms with Crippen LogP contribution in [-0.2, 0) is 11.6 Å². The largest absolute Gasteiger partial charge is 0.416 e. The van der Waals surface area contributed by atoms with Gasteiger partial charge in [-0.3, -0.25) is 9.36 Å². The maximum atomic E-state index is 13.4. The lowest BCUT2D eigenvalue weighted by molar-refractivity contribution is -0.137. The van der Waals surface area contributed by atoms with Crippen molar-refractivity contribution in [2.24, 2.45) is 0 Å². The Balaban J connectivity index is 1.88. The molecule has 3 aromatic carbocycles. The van der Waals surface area contributed by atoms with E-state index in [0.717, 1.165) is 17.7 Å². The summed E-state index contributed by atoms with van der Waals surface area (Å²) in [5, 5.41) is 0.664. The van der Waals surface area contributed by atoms with Crippen molar-refractivity contribution in [1.29, 1.82) is 0 Å². The lowest BCUT2D eigenvalue weighted by Crippen LogP contribution is -2.22. The van der Waals surface area contributed by atoms with E-state index in [0.29, 0.717) is 10.5 Å². The Labute approximate surface area is 200 Å². The van der Waals surface area contributed by atoms with Gasteiger partial charge in [0.15, 0.2) is 0 Å². The van der Waals surface area contributed by atoms with E-state index in [1.54, 1.807) is 24.3 Å². The summed E-state index contributed by atoms with van der Waals surface area (Å²) >= 11 is 6.08. The van der Waals surface area contributed by atoms with Crippen molar-refractivity contribution >= 4 is 34.7 Å². The Hall–Kier alpha value is -3.38. The van der Waals surface area contributed by atoms with Crippen molar-refractivity contribution < 1.29 is 13.2 Å². The van der Waals surface area contributed by atoms with Crippen LogP contribution in [0.3, 0.4) is 0 Å². The third kappa shape index (κ3) is 4.92. The molecule has 0 saturated heterocycles. The van der Waals surface area contributed by atoms with Crippen LogP contribution in [0.25, 0.3) is 28.7 Å². The minimum atomic E-state index is -4.54. The van der Waals surface area contributed by atoms with Crippen LogP contribution in [0.5, 0.6) is 0 Å². The van der Waals surface area contributed by atoms with Gasteiger partial charge in [-0.1, -0.05) is 68.8 Å². The highest BCUT2D eigenvalue weighted by Gasteiger charge is 2.30. The Morgan fingerprint density at radius 2 is 1.59 bits per heavy atom. The number of alkyl halides is 3. The van der Waals surface area contributed by atoms with Crippen LogP contribution in [0.4, 0.5) is 13.2 Å². The molecule has 3 nitrogen and oxygen atoms in total. The van der Waals surface area contributed by atoms with Crippen molar-refractivity contribution in [1.82, 2.24) is 9.55 Å². The molecule has 7 heteroatoms. The Bertz CT molecular complexity index is 1450. The van der Waals surface area contributed by atoms with E-state index in [9.17, 15) is 18.0 Å². The van der Waals surface area contributed by atoms with Crippen molar-refractivity contribution in [2.45, 2.75) is 32.4 Å². The standard InChI is InChI=1S/C27H22ClF3N2O/c1-26(2,3)18-10-7-17(8-11-18)9-14-24-32-23-16-20(28)12-13-22(23)25(34)33(24)21-6-4-5-19(15-21)27(29,30)31/h4-16H,1-3H3/b14-9+. The first-order valence-electron chi connectivity index (χ1n) is 10.6. The van der Waals surface area contributed by atoms with Crippen molar-refractivity contribution in [3.8, 4) is 5.69 Å². The number of rotatable bonds is 3. The van der Waals surface area contributed by atoms with Gasteiger partial charge in [-0.05, 0) is 59.0 Å². The molecule has 0 amide bonds. The number of aromatic nitrogens is 2. The second kappa shape index (κ2) is 8.76. The molecule has 4 aromatic rings. The molecule has 0 aliphatic heterocycles. The maximum Gasteiger partial charge on any atom is 0.416 e. The van der Waals surface area contributed by atoms with Gasteiger partial charge < -0.3 is 0 Å². The highest BCUT2D eigenvalue weighted by atomic mass is 35.5. The molecule has 0 aliphatic rings. The highest BCUT2D eigenvalue weighted by Crippen LogP contribution is 2.30. The van der Waals surface area contributed by atoms with Gasteiger partial charge in [0.1, 0.15) is 5.82 Å². The summed E-state index contributed by atoms with van der Waals surface area (Å²) in [6.07, 6.45) is -1.15. The second-order valence-corrected chi connectivity index (χ2v) is 9.46.